The summed E-state index contributed by atoms with van der Waals surface area (Å²) in [5.74, 6) is -1.24. The van der Waals surface area contributed by atoms with Crippen LogP contribution in [0, 0.1) is 0 Å². The third kappa shape index (κ3) is 3.17. The molecule has 1 aromatic rings. The topological polar surface area (TPSA) is 83.6 Å². The number of likely N-dealkylation sites (tertiary alicyclic amines) is 1. The normalized spacial score (nSPS) is 21.1. The van der Waals surface area contributed by atoms with E-state index in [1.165, 1.54) is 4.90 Å². The van der Waals surface area contributed by atoms with Crippen molar-refractivity contribution in [1.82, 2.24) is 4.90 Å². The summed E-state index contributed by atoms with van der Waals surface area (Å²) in [7, 11) is 0. The average molecular weight is 276 g/mol. The second-order valence-electron chi connectivity index (χ2n) is 5.12. The molecule has 0 bridgehead atoms. The van der Waals surface area contributed by atoms with E-state index in [9.17, 15) is 14.7 Å². The Morgan fingerprint density at radius 3 is 2.55 bits per heavy atom. The van der Waals surface area contributed by atoms with Gasteiger partial charge in [-0.2, -0.15) is 0 Å². The highest BCUT2D eigenvalue weighted by molar-refractivity contribution is 5.87. The molecule has 0 aliphatic carbocycles. The lowest BCUT2D eigenvalue weighted by atomic mass is 10.0. The third-order valence-corrected chi connectivity index (χ3v) is 3.75. The number of benzene rings is 1. The van der Waals surface area contributed by atoms with Gasteiger partial charge in [0.25, 0.3) is 0 Å². The molecular formula is C15H20N2O3. The van der Waals surface area contributed by atoms with Gasteiger partial charge in [0, 0.05) is 6.54 Å². The Balaban J connectivity index is 2.18. The van der Waals surface area contributed by atoms with Crippen molar-refractivity contribution in [3.63, 3.8) is 0 Å². The fourth-order valence-electron chi connectivity index (χ4n) is 2.61. The number of hydrogen-bond donors (Lipinski definition) is 2. The van der Waals surface area contributed by atoms with E-state index in [1.54, 1.807) is 12.1 Å². The smallest absolute Gasteiger partial charge is 0.326 e. The Labute approximate surface area is 118 Å². The summed E-state index contributed by atoms with van der Waals surface area (Å²) < 4.78 is 0. The predicted molar refractivity (Wildman–Crippen MR) is 75.0 cm³/mol. The molecule has 2 atom stereocenters. The molecule has 5 heteroatoms. The summed E-state index contributed by atoms with van der Waals surface area (Å²) in [5.41, 5.74) is 6.71. The van der Waals surface area contributed by atoms with Crippen LogP contribution in [0.5, 0.6) is 0 Å². The molecule has 5 nitrogen and oxygen atoms in total. The zero-order chi connectivity index (χ0) is 14.5. The minimum atomic E-state index is -0.944. The number of carboxylic acids is 1. The van der Waals surface area contributed by atoms with Crippen LogP contribution in [0.1, 0.15) is 37.3 Å². The van der Waals surface area contributed by atoms with Gasteiger partial charge in [-0.1, -0.05) is 43.2 Å². The second kappa shape index (κ2) is 6.52. The summed E-state index contributed by atoms with van der Waals surface area (Å²) in [4.78, 5) is 25.3. The third-order valence-electron chi connectivity index (χ3n) is 3.75. The van der Waals surface area contributed by atoms with Gasteiger partial charge in [-0.05, 0) is 18.4 Å². The molecule has 1 aliphatic rings. The molecule has 1 unspecified atom stereocenters. The van der Waals surface area contributed by atoms with Crippen LogP contribution < -0.4 is 5.73 Å². The summed E-state index contributed by atoms with van der Waals surface area (Å²) in [6, 6.07) is 7.52. The largest absolute Gasteiger partial charge is 0.480 e. The molecule has 3 N–H and O–H groups in total. The van der Waals surface area contributed by atoms with Gasteiger partial charge in [0.1, 0.15) is 12.1 Å². The van der Waals surface area contributed by atoms with Crippen molar-refractivity contribution in [2.75, 3.05) is 6.54 Å². The van der Waals surface area contributed by atoms with Crippen molar-refractivity contribution < 1.29 is 14.7 Å². The first kappa shape index (κ1) is 14.5. The zero-order valence-electron chi connectivity index (χ0n) is 11.4. The Hall–Kier alpha value is -1.88. The summed E-state index contributed by atoms with van der Waals surface area (Å²) in [6.45, 7) is 0.469. The van der Waals surface area contributed by atoms with Gasteiger partial charge in [0.05, 0.1) is 0 Å². The van der Waals surface area contributed by atoms with E-state index in [-0.39, 0.29) is 5.91 Å². The SMILES string of the molecule is N[C@@H](C(=O)N1CCCCCC1C(=O)O)c1ccccc1. The van der Waals surface area contributed by atoms with Gasteiger partial charge in [0.2, 0.25) is 5.91 Å². The predicted octanol–water partition coefficient (Wildman–Crippen LogP) is 1.54. The van der Waals surface area contributed by atoms with Gasteiger partial charge in [0.15, 0.2) is 0 Å². The van der Waals surface area contributed by atoms with Crippen LogP contribution in [0.3, 0.4) is 0 Å². The van der Waals surface area contributed by atoms with Crippen LogP contribution in [0.25, 0.3) is 0 Å². The molecule has 1 amide bonds. The van der Waals surface area contributed by atoms with E-state index < -0.39 is 18.1 Å². The lowest BCUT2D eigenvalue weighted by molar-refractivity contribution is -0.150. The highest BCUT2D eigenvalue weighted by Crippen LogP contribution is 2.21. The molecule has 0 spiro atoms. The van der Waals surface area contributed by atoms with Gasteiger partial charge >= 0.3 is 5.97 Å². The number of carbonyl (C=O) groups is 2. The van der Waals surface area contributed by atoms with E-state index in [1.807, 2.05) is 18.2 Å². The maximum Gasteiger partial charge on any atom is 0.326 e. The number of aliphatic carboxylic acids is 1. The first-order valence-corrected chi connectivity index (χ1v) is 6.95. The molecule has 108 valence electrons. The van der Waals surface area contributed by atoms with Crippen LogP contribution in [0.4, 0.5) is 0 Å². The molecule has 1 fully saturated rings. The number of amides is 1. The lowest BCUT2D eigenvalue weighted by Crippen LogP contribution is -2.48. The quantitative estimate of drug-likeness (QED) is 0.877. The first-order chi connectivity index (χ1) is 9.61. The molecule has 0 saturated carbocycles. The van der Waals surface area contributed by atoms with Crippen molar-refractivity contribution >= 4 is 11.9 Å². The van der Waals surface area contributed by atoms with Crippen LogP contribution in [-0.2, 0) is 9.59 Å². The van der Waals surface area contributed by atoms with Crippen molar-refractivity contribution in [1.29, 1.82) is 0 Å². The number of rotatable bonds is 3. The van der Waals surface area contributed by atoms with E-state index in [4.69, 9.17) is 5.73 Å². The fraction of sp³-hybridized carbons (Fsp3) is 0.467. The monoisotopic (exact) mass is 276 g/mol. The molecule has 0 radical (unpaired) electrons. The van der Waals surface area contributed by atoms with Crippen LogP contribution in [-0.4, -0.2) is 34.5 Å². The lowest BCUT2D eigenvalue weighted by Gasteiger charge is -2.29. The molecule has 1 heterocycles. The zero-order valence-corrected chi connectivity index (χ0v) is 11.4. The van der Waals surface area contributed by atoms with Crippen molar-refractivity contribution in [2.24, 2.45) is 5.73 Å². The Kier molecular flexibility index (Phi) is 4.74. The first-order valence-electron chi connectivity index (χ1n) is 6.95. The second-order valence-corrected chi connectivity index (χ2v) is 5.12. The maximum atomic E-state index is 12.5. The van der Waals surface area contributed by atoms with E-state index in [2.05, 4.69) is 0 Å². The Bertz CT molecular complexity index is 475. The van der Waals surface area contributed by atoms with Crippen molar-refractivity contribution in [3.8, 4) is 0 Å². The maximum absolute atomic E-state index is 12.5. The highest BCUT2D eigenvalue weighted by atomic mass is 16.4. The average Bonchev–Trinajstić information content (AvgIpc) is 2.72. The van der Waals surface area contributed by atoms with Crippen LogP contribution in [0.15, 0.2) is 30.3 Å². The number of carboxylic acid groups (broad SMARTS) is 1. The van der Waals surface area contributed by atoms with Crippen LogP contribution in [0.2, 0.25) is 0 Å². The Morgan fingerprint density at radius 1 is 1.20 bits per heavy atom. The number of carbonyl (C=O) groups excluding carboxylic acids is 1. The number of nitrogens with zero attached hydrogens (tertiary/aromatic N) is 1. The molecule has 20 heavy (non-hydrogen) atoms. The minimum absolute atomic E-state index is 0.300. The fourth-order valence-corrected chi connectivity index (χ4v) is 2.61. The highest BCUT2D eigenvalue weighted by Gasteiger charge is 2.33. The molecule has 0 aromatic heterocycles. The molecule has 1 aromatic carbocycles. The standard InChI is InChI=1S/C15H20N2O3/c16-13(11-7-3-1-4-8-11)14(18)17-10-6-2-5-9-12(17)15(19)20/h1,3-4,7-8,12-13H,2,5-6,9-10,16H2,(H,19,20)/t12?,13-/m1/s1. The van der Waals surface area contributed by atoms with Crippen LogP contribution >= 0.6 is 0 Å². The molecule has 2 rings (SSSR count). The van der Waals surface area contributed by atoms with Gasteiger partial charge in [-0.15, -0.1) is 0 Å². The molecule has 1 saturated heterocycles. The minimum Gasteiger partial charge on any atom is -0.480 e. The number of nitrogens with two attached hydrogens (primary N) is 1. The van der Waals surface area contributed by atoms with Gasteiger partial charge in [-0.3, -0.25) is 4.79 Å². The summed E-state index contributed by atoms with van der Waals surface area (Å²) in [5, 5.41) is 9.30. The van der Waals surface area contributed by atoms with E-state index in [0.29, 0.717) is 18.5 Å². The molecule has 1 aliphatic heterocycles. The van der Waals surface area contributed by atoms with Crippen molar-refractivity contribution in [3.05, 3.63) is 35.9 Å². The van der Waals surface area contributed by atoms with Crippen molar-refractivity contribution in [2.45, 2.75) is 37.8 Å². The van der Waals surface area contributed by atoms with Gasteiger partial charge < -0.3 is 15.7 Å². The number of hydrogen-bond acceptors (Lipinski definition) is 3. The van der Waals surface area contributed by atoms with E-state index >= 15 is 0 Å². The van der Waals surface area contributed by atoms with Gasteiger partial charge in [-0.25, -0.2) is 4.79 Å². The Morgan fingerprint density at radius 2 is 1.90 bits per heavy atom. The van der Waals surface area contributed by atoms with E-state index in [0.717, 1.165) is 19.3 Å². The molecular weight excluding hydrogens is 256 g/mol. The summed E-state index contributed by atoms with van der Waals surface area (Å²) in [6.07, 6.45) is 3.12. The summed E-state index contributed by atoms with van der Waals surface area (Å²) >= 11 is 0.